The molecule has 0 radical (unpaired) electrons. The van der Waals surface area contributed by atoms with E-state index in [1.165, 1.54) is 52.0 Å². The zero-order chi connectivity index (χ0) is 19.0. The molecule has 0 atom stereocenters. The predicted octanol–water partition coefficient (Wildman–Crippen LogP) is 4.94. The zero-order valence-corrected chi connectivity index (χ0v) is 17.7. The van der Waals surface area contributed by atoms with Gasteiger partial charge in [-0.1, -0.05) is 31.5 Å². The first-order valence-corrected chi connectivity index (χ1v) is 10.0. The Hall–Kier alpha value is -1.74. The molecular formula is C23H35N3. The van der Waals surface area contributed by atoms with Crippen molar-refractivity contribution in [1.82, 2.24) is 9.47 Å². The molecule has 0 amide bonds. The molecule has 3 heteroatoms. The van der Waals surface area contributed by atoms with Crippen LogP contribution in [0.25, 0.3) is 0 Å². The van der Waals surface area contributed by atoms with Gasteiger partial charge in [0, 0.05) is 39.3 Å². The van der Waals surface area contributed by atoms with Crippen LogP contribution in [0.5, 0.6) is 0 Å². The minimum Gasteiger partial charge on any atom is -0.360 e. The quantitative estimate of drug-likeness (QED) is 0.754. The van der Waals surface area contributed by atoms with Crippen molar-refractivity contribution in [3.8, 4) is 0 Å². The van der Waals surface area contributed by atoms with E-state index in [0.29, 0.717) is 6.04 Å². The number of aromatic nitrogens is 1. The zero-order valence-electron chi connectivity index (χ0n) is 17.7. The number of hydrogen-bond donors (Lipinski definition) is 0. The molecule has 0 bridgehead atoms. The molecule has 0 saturated carbocycles. The maximum absolute atomic E-state index is 2.63. The van der Waals surface area contributed by atoms with Gasteiger partial charge in [0.2, 0.25) is 0 Å². The Morgan fingerprint density at radius 1 is 1.00 bits per heavy atom. The van der Waals surface area contributed by atoms with Gasteiger partial charge in [0.25, 0.3) is 0 Å². The van der Waals surface area contributed by atoms with Crippen molar-refractivity contribution in [3.63, 3.8) is 0 Å². The summed E-state index contributed by atoms with van der Waals surface area (Å²) in [5.41, 5.74) is 10.0. The number of fused-ring (bicyclic) bond motifs is 1. The Bertz CT molecular complexity index is 760. The van der Waals surface area contributed by atoms with Gasteiger partial charge in [0.15, 0.2) is 0 Å². The Morgan fingerprint density at radius 2 is 1.62 bits per heavy atom. The van der Waals surface area contributed by atoms with Gasteiger partial charge >= 0.3 is 0 Å². The molecule has 1 aliphatic rings. The number of nitrogens with zero attached hydrogens (tertiary/aromatic N) is 3. The molecule has 1 aromatic heterocycles. The van der Waals surface area contributed by atoms with Crippen LogP contribution >= 0.6 is 0 Å². The van der Waals surface area contributed by atoms with E-state index in [4.69, 9.17) is 0 Å². The molecule has 2 heterocycles. The van der Waals surface area contributed by atoms with Gasteiger partial charge in [0.1, 0.15) is 0 Å². The Kier molecular flexibility index (Phi) is 5.47. The van der Waals surface area contributed by atoms with E-state index in [2.05, 4.69) is 81.4 Å². The number of benzene rings is 1. The molecule has 0 N–H and O–H groups in total. The summed E-state index contributed by atoms with van der Waals surface area (Å²) in [4.78, 5) is 5.10. The average Bonchev–Trinajstić information content (AvgIpc) is 2.89. The molecule has 1 aliphatic heterocycles. The second kappa shape index (κ2) is 7.48. The summed E-state index contributed by atoms with van der Waals surface area (Å²) < 4.78 is 2.36. The third-order valence-electron chi connectivity index (χ3n) is 6.15. The summed E-state index contributed by atoms with van der Waals surface area (Å²) in [5, 5.41) is 0. The summed E-state index contributed by atoms with van der Waals surface area (Å²) in [6.45, 7) is 13.4. The van der Waals surface area contributed by atoms with Gasteiger partial charge in [0.05, 0.1) is 18.1 Å². The van der Waals surface area contributed by atoms with Crippen LogP contribution in [0.3, 0.4) is 0 Å². The van der Waals surface area contributed by atoms with Crippen LogP contribution in [-0.4, -0.2) is 29.2 Å². The highest BCUT2D eigenvalue weighted by Gasteiger charge is 2.29. The molecule has 26 heavy (non-hydrogen) atoms. The third kappa shape index (κ3) is 3.42. The fourth-order valence-electron chi connectivity index (χ4n) is 4.82. The first-order chi connectivity index (χ1) is 12.3. The van der Waals surface area contributed by atoms with Crippen LogP contribution in [0.2, 0.25) is 0 Å². The van der Waals surface area contributed by atoms with E-state index < -0.39 is 0 Å². The number of hydrogen-bond acceptors (Lipinski definition) is 2. The van der Waals surface area contributed by atoms with Crippen LogP contribution in [-0.2, 0) is 20.0 Å². The van der Waals surface area contributed by atoms with Crippen molar-refractivity contribution in [3.05, 3.63) is 51.8 Å². The van der Waals surface area contributed by atoms with Crippen LogP contribution in [0.4, 0.5) is 5.69 Å². The Morgan fingerprint density at radius 3 is 2.19 bits per heavy atom. The SMILES string of the molecule is CCC(CC)N1Cc2c(c(Cc3c(C)cc(C)cc3C)cn2C)N(C)C1. The highest BCUT2D eigenvalue weighted by Crippen LogP contribution is 2.35. The summed E-state index contributed by atoms with van der Waals surface area (Å²) in [6, 6.07) is 5.30. The second-order valence-electron chi connectivity index (χ2n) is 8.17. The van der Waals surface area contributed by atoms with E-state index in [0.717, 1.165) is 19.6 Å². The number of aryl methyl sites for hydroxylation is 4. The van der Waals surface area contributed by atoms with E-state index in [-0.39, 0.29) is 0 Å². The standard InChI is InChI=1S/C23H35N3/c1-8-20(9-2)26-14-22-23(25(7)15-26)19(13-24(22)6)12-21-17(4)10-16(3)11-18(21)5/h10-11,13,20H,8-9,12,14-15H2,1-7H3. The van der Waals surface area contributed by atoms with E-state index in [1.807, 2.05) is 0 Å². The predicted molar refractivity (Wildman–Crippen MR) is 112 cm³/mol. The molecule has 0 aliphatic carbocycles. The number of anilines is 1. The van der Waals surface area contributed by atoms with Crippen LogP contribution in [0.15, 0.2) is 18.3 Å². The normalized spacial score (nSPS) is 15.0. The largest absolute Gasteiger partial charge is 0.360 e. The molecule has 142 valence electrons. The minimum absolute atomic E-state index is 0.672. The molecular weight excluding hydrogens is 318 g/mol. The molecule has 2 aromatic rings. The van der Waals surface area contributed by atoms with Crippen molar-refractivity contribution in [1.29, 1.82) is 0 Å². The summed E-state index contributed by atoms with van der Waals surface area (Å²) >= 11 is 0. The van der Waals surface area contributed by atoms with Crippen molar-refractivity contribution >= 4 is 5.69 Å². The Labute approximate surface area is 159 Å². The van der Waals surface area contributed by atoms with Gasteiger partial charge in [-0.15, -0.1) is 0 Å². The van der Waals surface area contributed by atoms with Gasteiger partial charge in [-0.2, -0.15) is 0 Å². The topological polar surface area (TPSA) is 11.4 Å². The van der Waals surface area contributed by atoms with Crippen molar-refractivity contribution in [2.75, 3.05) is 18.6 Å². The highest BCUT2D eigenvalue weighted by atomic mass is 15.3. The highest BCUT2D eigenvalue weighted by molar-refractivity contribution is 5.61. The monoisotopic (exact) mass is 353 g/mol. The summed E-state index contributed by atoms with van der Waals surface area (Å²) in [6.07, 6.45) is 5.82. The lowest BCUT2D eigenvalue weighted by Gasteiger charge is -2.40. The molecule has 0 spiro atoms. The lowest BCUT2D eigenvalue weighted by atomic mass is 9.94. The first-order valence-electron chi connectivity index (χ1n) is 10.0. The van der Waals surface area contributed by atoms with E-state index in [9.17, 15) is 0 Å². The van der Waals surface area contributed by atoms with E-state index >= 15 is 0 Å². The lowest BCUT2D eigenvalue weighted by molar-refractivity contribution is 0.167. The first kappa shape index (κ1) is 19.0. The molecule has 3 nitrogen and oxygen atoms in total. The molecule has 3 rings (SSSR count). The van der Waals surface area contributed by atoms with Crippen LogP contribution in [0.1, 0.15) is 60.2 Å². The fraction of sp³-hybridized carbons (Fsp3) is 0.565. The number of rotatable bonds is 5. The van der Waals surface area contributed by atoms with Crippen molar-refractivity contribution < 1.29 is 0 Å². The molecule has 1 aromatic carbocycles. The van der Waals surface area contributed by atoms with Gasteiger partial charge in [-0.25, -0.2) is 0 Å². The lowest BCUT2D eigenvalue weighted by Crippen LogP contribution is -2.45. The van der Waals surface area contributed by atoms with Gasteiger partial charge < -0.3 is 9.47 Å². The third-order valence-corrected chi connectivity index (χ3v) is 6.15. The van der Waals surface area contributed by atoms with Crippen LogP contribution in [0, 0.1) is 20.8 Å². The van der Waals surface area contributed by atoms with Gasteiger partial charge in [-0.05, 0) is 55.9 Å². The van der Waals surface area contributed by atoms with Crippen LogP contribution < -0.4 is 4.90 Å². The maximum Gasteiger partial charge on any atom is 0.0710 e. The average molecular weight is 354 g/mol. The molecule has 0 unspecified atom stereocenters. The van der Waals surface area contributed by atoms with E-state index in [1.54, 1.807) is 0 Å². The summed E-state index contributed by atoms with van der Waals surface area (Å²) in [7, 11) is 4.47. The van der Waals surface area contributed by atoms with Crippen molar-refractivity contribution in [2.45, 2.75) is 66.5 Å². The fourth-order valence-corrected chi connectivity index (χ4v) is 4.82. The van der Waals surface area contributed by atoms with Crippen molar-refractivity contribution in [2.24, 2.45) is 7.05 Å². The Balaban J connectivity index is 1.95. The minimum atomic E-state index is 0.672. The molecule has 0 fully saturated rings. The van der Waals surface area contributed by atoms with Gasteiger partial charge in [-0.3, -0.25) is 4.90 Å². The molecule has 0 saturated heterocycles. The maximum atomic E-state index is 2.63. The second-order valence-corrected chi connectivity index (χ2v) is 8.17. The summed E-state index contributed by atoms with van der Waals surface area (Å²) in [5.74, 6) is 0. The smallest absolute Gasteiger partial charge is 0.0710 e.